The third kappa shape index (κ3) is 5.07. The normalized spacial score (nSPS) is 13.9. The van der Waals surface area contributed by atoms with Crippen molar-refractivity contribution in [2.75, 3.05) is 33.7 Å². The molecule has 0 saturated heterocycles. The Balaban J connectivity index is 2.86. The van der Waals surface area contributed by atoms with Gasteiger partial charge in [-0.15, -0.1) is 0 Å². The second-order valence-corrected chi connectivity index (χ2v) is 7.45. The van der Waals surface area contributed by atoms with Gasteiger partial charge in [-0.05, 0) is 51.7 Å². The third-order valence-electron chi connectivity index (χ3n) is 3.41. The first-order chi connectivity index (χ1) is 9.78. The fraction of sp³-hybridized carbons (Fsp3) is 0.600. The molecule has 5 nitrogen and oxygen atoms in total. The molecule has 0 spiro atoms. The van der Waals surface area contributed by atoms with Crippen LogP contribution in [-0.4, -0.2) is 51.4 Å². The molecule has 1 rings (SSSR count). The monoisotopic (exact) mass is 313 g/mol. The molecule has 0 aliphatic carbocycles. The SMILES string of the molecule is CCN(CCCN(C)C)S(=O)(=O)c1ccc(C(C)N)cc1. The Kier molecular flexibility index (Phi) is 6.80. The van der Waals surface area contributed by atoms with E-state index in [1.165, 1.54) is 4.31 Å². The Morgan fingerprint density at radius 2 is 1.71 bits per heavy atom. The minimum Gasteiger partial charge on any atom is -0.324 e. The first-order valence-corrected chi connectivity index (χ1v) is 8.73. The summed E-state index contributed by atoms with van der Waals surface area (Å²) in [6.07, 6.45) is 0.817. The number of hydrogen-bond donors (Lipinski definition) is 1. The summed E-state index contributed by atoms with van der Waals surface area (Å²) in [5, 5.41) is 0. The summed E-state index contributed by atoms with van der Waals surface area (Å²) in [6, 6.07) is 6.76. The van der Waals surface area contributed by atoms with Gasteiger partial charge in [0, 0.05) is 19.1 Å². The lowest BCUT2D eigenvalue weighted by molar-refractivity contribution is 0.356. The molecule has 1 aromatic rings. The van der Waals surface area contributed by atoms with Crippen LogP contribution in [0.3, 0.4) is 0 Å². The van der Waals surface area contributed by atoms with E-state index in [0.717, 1.165) is 18.5 Å². The molecule has 2 N–H and O–H groups in total. The fourth-order valence-corrected chi connectivity index (χ4v) is 3.59. The third-order valence-corrected chi connectivity index (χ3v) is 5.40. The van der Waals surface area contributed by atoms with Crippen LogP contribution in [0.15, 0.2) is 29.2 Å². The van der Waals surface area contributed by atoms with Gasteiger partial charge in [0.15, 0.2) is 0 Å². The van der Waals surface area contributed by atoms with Crippen LogP contribution in [0.25, 0.3) is 0 Å². The molecule has 0 aliphatic heterocycles. The number of rotatable bonds is 8. The van der Waals surface area contributed by atoms with Gasteiger partial charge < -0.3 is 10.6 Å². The highest BCUT2D eigenvalue weighted by molar-refractivity contribution is 7.89. The van der Waals surface area contributed by atoms with E-state index >= 15 is 0 Å². The maximum Gasteiger partial charge on any atom is 0.243 e. The van der Waals surface area contributed by atoms with E-state index in [4.69, 9.17) is 5.73 Å². The van der Waals surface area contributed by atoms with E-state index in [9.17, 15) is 8.42 Å². The summed E-state index contributed by atoms with van der Waals surface area (Å²) in [5.74, 6) is 0. The average Bonchev–Trinajstić information content (AvgIpc) is 2.43. The van der Waals surface area contributed by atoms with Gasteiger partial charge in [-0.25, -0.2) is 8.42 Å². The van der Waals surface area contributed by atoms with Crippen molar-refractivity contribution >= 4 is 10.0 Å². The molecule has 1 unspecified atom stereocenters. The summed E-state index contributed by atoms with van der Waals surface area (Å²) in [6.45, 7) is 5.62. The first kappa shape index (κ1) is 18.1. The number of nitrogens with zero attached hydrogens (tertiary/aromatic N) is 2. The quantitative estimate of drug-likeness (QED) is 0.793. The second-order valence-electron chi connectivity index (χ2n) is 5.51. The predicted octanol–water partition coefficient (Wildman–Crippen LogP) is 1.67. The van der Waals surface area contributed by atoms with Crippen molar-refractivity contribution in [2.24, 2.45) is 5.73 Å². The van der Waals surface area contributed by atoms with Crippen molar-refractivity contribution < 1.29 is 8.42 Å². The summed E-state index contributed by atoms with van der Waals surface area (Å²) < 4.78 is 26.7. The van der Waals surface area contributed by atoms with Crippen molar-refractivity contribution in [3.05, 3.63) is 29.8 Å². The molecule has 0 heterocycles. The molecular weight excluding hydrogens is 286 g/mol. The van der Waals surface area contributed by atoms with Gasteiger partial charge >= 0.3 is 0 Å². The van der Waals surface area contributed by atoms with Gasteiger partial charge in [-0.3, -0.25) is 0 Å². The standard InChI is InChI=1S/C15H27N3O2S/c1-5-18(12-6-11-17(3)4)21(19,20)15-9-7-14(8-10-15)13(2)16/h7-10,13H,5-6,11-12,16H2,1-4H3. The van der Waals surface area contributed by atoms with Crippen LogP contribution in [0.2, 0.25) is 0 Å². The van der Waals surface area contributed by atoms with Crippen molar-refractivity contribution in [1.82, 2.24) is 9.21 Å². The zero-order chi connectivity index (χ0) is 16.0. The molecule has 120 valence electrons. The molecule has 0 radical (unpaired) electrons. The summed E-state index contributed by atoms with van der Waals surface area (Å²) in [7, 11) is 0.550. The van der Waals surface area contributed by atoms with Gasteiger partial charge in [-0.2, -0.15) is 4.31 Å². The molecule has 0 aromatic heterocycles. The fourth-order valence-electron chi connectivity index (χ4n) is 2.10. The Morgan fingerprint density at radius 3 is 2.14 bits per heavy atom. The van der Waals surface area contributed by atoms with Crippen LogP contribution in [-0.2, 0) is 10.0 Å². The maximum absolute atomic E-state index is 12.6. The zero-order valence-corrected chi connectivity index (χ0v) is 14.2. The molecule has 0 fully saturated rings. The minimum atomic E-state index is -3.42. The highest BCUT2D eigenvalue weighted by atomic mass is 32.2. The molecular formula is C15H27N3O2S. The second kappa shape index (κ2) is 7.89. The lowest BCUT2D eigenvalue weighted by atomic mass is 10.1. The van der Waals surface area contributed by atoms with Crippen LogP contribution in [0.4, 0.5) is 0 Å². The average molecular weight is 313 g/mol. The largest absolute Gasteiger partial charge is 0.324 e. The van der Waals surface area contributed by atoms with Crippen molar-refractivity contribution in [3.8, 4) is 0 Å². The predicted molar refractivity (Wildman–Crippen MR) is 86.6 cm³/mol. The molecule has 6 heteroatoms. The van der Waals surface area contributed by atoms with Gasteiger partial charge in [0.2, 0.25) is 10.0 Å². The molecule has 0 bridgehead atoms. The highest BCUT2D eigenvalue weighted by Gasteiger charge is 2.22. The summed E-state index contributed by atoms with van der Waals surface area (Å²) in [4.78, 5) is 2.39. The Morgan fingerprint density at radius 1 is 1.14 bits per heavy atom. The van der Waals surface area contributed by atoms with Crippen LogP contribution < -0.4 is 5.73 Å². The minimum absolute atomic E-state index is 0.0934. The van der Waals surface area contributed by atoms with E-state index < -0.39 is 10.0 Å². The smallest absolute Gasteiger partial charge is 0.243 e. The molecule has 0 saturated carbocycles. The van der Waals surface area contributed by atoms with E-state index in [1.54, 1.807) is 24.3 Å². The van der Waals surface area contributed by atoms with E-state index in [2.05, 4.69) is 4.90 Å². The maximum atomic E-state index is 12.6. The number of hydrogen-bond acceptors (Lipinski definition) is 4. The van der Waals surface area contributed by atoms with E-state index in [0.29, 0.717) is 18.0 Å². The molecule has 0 amide bonds. The Hall–Kier alpha value is -0.950. The number of sulfonamides is 1. The highest BCUT2D eigenvalue weighted by Crippen LogP contribution is 2.18. The van der Waals surface area contributed by atoms with Crippen molar-refractivity contribution in [3.63, 3.8) is 0 Å². The van der Waals surface area contributed by atoms with Crippen molar-refractivity contribution in [1.29, 1.82) is 0 Å². The van der Waals surface area contributed by atoms with Crippen molar-refractivity contribution in [2.45, 2.75) is 31.2 Å². The topological polar surface area (TPSA) is 66.6 Å². The first-order valence-electron chi connectivity index (χ1n) is 7.29. The molecule has 21 heavy (non-hydrogen) atoms. The lowest BCUT2D eigenvalue weighted by Gasteiger charge is -2.21. The molecule has 1 aromatic carbocycles. The van der Waals surface area contributed by atoms with Gasteiger partial charge in [0.25, 0.3) is 0 Å². The van der Waals surface area contributed by atoms with E-state index in [-0.39, 0.29) is 6.04 Å². The molecule has 0 aliphatic rings. The van der Waals surface area contributed by atoms with Gasteiger partial charge in [-0.1, -0.05) is 19.1 Å². The van der Waals surface area contributed by atoms with Crippen LogP contribution >= 0.6 is 0 Å². The Labute approximate surface area is 128 Å². The lowest BCUT2D eigenvalue weighted by Crippen LogP contribution is -2.33. The van der Waals surface area contributed by atoms with Gasteiger partial charge in [0.1, 0.15) is 0 Å². The number of nitrogens with two attached hydrogens (primary N) is 1. The van der Waals surface area contributed by atoms with Gasteiger partial charge in [0.05, 0.1) is 4.90 Å². The molecule has 1 atom stereocenters. The number of benzene rings is 1. The van der Waals surface area contributed by atoms with E-state index in [1.807, 2.05) is 27.9 Å². The van der Waals surface area contributed by atoms with Crippen LogP contribution in [0.1, 0.15) is 31.9 Å². The van der Waals surface area contributed by atoms with Crippen LogP contribution in [0, 0.1) is 0 Å². The Bertz CT molecular complexity index is 524. The zero-order valence-electron chi connectivity index (χ0n) is 13.4. The van der Waals surface area contributed by atoms with Crippen LogP contribution in [0.5, 0.6) is 0 Å². The summed E-state index contributed by atoms with van der Waals surface area (Å²) in [5.41, 5.74) is 6.72. The summed E-state index contributed by atoms with van der Waals surface area (Å²) >= 11 is 0.